The van der Waals surface area contributed by atoms with Gasteiger partial charge in [0.1, 0.15) is 22.7 Å². The summed E-state index contributed by atoms with van der Waals surface area (Å²) in [5.74, 6) is 2.57. The Labute approximate surface area is 283 Å². The van der Waals surface area contributed by atoms with Gasteiger partial charge in [-0.25, -0.2) is 19.6 Å². The molecule has 1 fully saturated rings. The lowest BCUT2D eigenvalue weighted by molar-refractivity contribution is 0.232. The van der Waals surface area contributed by atoms with Gasteiger partial charge in [0.2, 0.25) is 0 Å². The predicted molar refractivity (Wildman–Crippen MR) is 187 cm³/mol. The van der Waals surface area contributed by atoms with Gasteiger partial charge in [0.25, 0.3) is 0 Å². The highest BCUT2D eigenvalue weighted by Crippen LogP contribution is 2.55. The molecule has 1 spiro atoms. The van der Waals surface area contributed by atoms with Crippen molar-refractivity contribution in [3.8, 4) is 17.6 Å². The molecular weight excluding hydrogens is 623 g/mol. The molecule has 248 valence electrons. The highest BCUT2D eigenvalue weighted by Gasteiger charge is 2.49. The van der Waals surface area contributed by atoms with Gasteiger partial charge in [-0.3, -0.25) is 0 Å². The number of anilines is 3. The van der Waals surface area contributed by atoms with Gasteiger partial charge in [0.15, 0.2) is 22.9 Å². The molecule has 4 unspecified atom stereocenters. The molecule has 2 aliphatic carbocycles. The van der Waals surface area contributed by atoms with E-state index in [1.807, 2.05) is 25.4 Å². The number of rotatable bonds is 6. The van der Waals surface area contributed by atoms with Crippen LogP contribution in [0.3, 0.4) is 0 Å². The smallest absolute Gasteiger partial charge is 0.186 e. The number of aromatic nitrogens is 6. The van der Waals surface area contributed by atoms with Crippen LogP contribution < -0.4 is 16.4 Å². The van der Waals surface area contributed by atoms with E-state index in [1.54, 1.807) is 17.5 Å². The number of thiophene rings is 1. The summed E-state index contributed by atoms with van der Waals surface area (Å²) in [6.45, 7) is 5.40. The fraction of sp³-hybridized carbons (Fsp3) is 0.486. The highest BCUT2D eigenvalue weighted by molar-refractivity contribution is 7.16. The summed E-state index contributed by atoms with van der Waals surface area (Å²) in [5, 5.41) is 21.3. The fourth-order valence-corrected chi connectivity index (χ4v) is 9.85. The first-order valence-electron chi connectivity index (χ1n) is 16.9. The Morgan fingerprint density at radius 1 is 1.17 bits per heavy atom. The third-order valence-corrected chi connectivity index (χ3v) is 12.3. The summed E-state index contributed by atoms with van der Waals surface area (Å²) in [5.41, 5.74) is 17.3. The van der Waals surface area contributed by atoms with Crippen molar-refractivity contribution in [2.45, 2.75) is 88.8 Å². The van der Waals surface area contributed by atoms with Crippen LogP contribution in [-0.4, -0.2) is 61.5 Å². The van der Waals surface area contributed by atoms with Crippen molar-refractivity contribution < 1.29 is 4.52 Å². The molecule has 3 aliphatic rings. The Balaban J connectivity index is 1.30. The molecule has 5 aromatic heterocycles. The summed E-state index contributed by atoms with van der Waals surface area (Å²) in [4.78, 5) is 20.5. The summed E-state index contributed by atoms with van der Waals surface area (Å²) in [6.07, 6.45) is 11.3. The van der Waals surface area contributed by atoms with Crippen LogP contribution in [0.1, 0.15) is 97.3 Å². The van der Waals surface area contributed by atoms with Gasteiger partial charge in [0, 0.05) is 35.3 Å². The first-order chi connectivity index (χ1) is 23.2. The number of nitrogens with two attached hydrogens (primary N) is 2. The molecule has 0 amide bonds. The second-order valence-electron chi connectivity index (χ2n) is 13.8. The van der Waals surface area contributed by atoms with Crippen LogP contribution in [0.2, 0.25) is 0 Å². The third-order valence-electron chi connectivity index (χ3n) is 11.3. The zero-order valence-corrected chi connectivity index (χ0v) is 28.7. The van der Waals surface area contributed by atoms with Gasteiger partial charge in [-0.2, -0.15) is 10.4 Å². The third kappa shape index (κ3) is 4.53. The predicted octanol–water partition coefficient (Wildman–Crippen LogP) is 5.79. The SMILES string of the molecule is CC(c1cccnc1N)N(C)c1nc(-c2noc3c2CCCC32CCCc3sc(N)c(C#N)c32)nc2c1cnn2C(C)C1CCCN1C. The van der Waals surface area contributed by atoms with Crippen molar-refractivity contribution in [2.24, 2.45) is 0 Å². The van der Waals surface area contributed by atoms with E-state index in [1.165, 1.54) is 11.3 Å². The summed E-state index contributed by atoms with van der Waals surface area (Å²) in [7, 11) is 4.21. The topological polar surface area (TPSA) is 165 Å². The van der Waals surface area contributed by atoms with E-state index in [-0.39, 0.29) is 12.1 Å². The minimum absolute atomic E-state index is 0.103. The maximum Gasteiger partial charge on any atom is 0.186 e. The van der Waals surface area contributed by atoms with Crippen LogP contribution >= 0.6 is 11.3 Å². The number of aryl methyl sites for hydroxylation is 1. The van der Waals surface area contributed by atoms with Gasteiger partial charge in [-0.1, -0.05) is 11.2 Å². The van der Waals surface area contributed by atoms with Crippen molar-refractivity contribution in [3.63, 3.8) is 0 Å². The number of likely N-dealkylation sites (tertiary alicyclic amines) is 1. The Kier molecular flexibility index (Phi) is 7.41. The lowest BCUT2D eigenvalue weighted by Gasteiger charge is -2.39. The first kappa shape index (κ1) is 30.8. The molecule has 0 saturated carbocycles. The van der Waals surface area contributed by atoms with Crippen LogP contribution in [0.4, 0.5) is 16.6 Å². The molecule has 1 aliphatic heterocycles. The van der Waals surface area contributed by atoms with Gasteiger partial charge in [-0.05, 0) is 90.4 Å². The van der Waals surface area contributed by atoms with E-state index in [4.69, 9.17) is 36.2 Å². The zero-order valence-electron chi connectivity index (χ0n) is 27.9. The molecule has 0 aromatic carbocycles. The average molecular weight is 664 g/mol. The highest BCUT2D eigenvalue weighted by atomic mass is 32.1. The Hall–Kier alpha value is -4.54. The molecule has 12 nitrogen and oxygen atoms in total. The molecule has 13 heteroatoms. The normalized spacial score (nSPS) is 22.0. The molecule has 0 radical (unpaired) electrons. The fourth-order valence-electron chi connectivity index (χ4n) is 8.68. The lowest BCUT2D eigenvalue weighted by Crippen LogP contribution is -2.35. The van der Waals surface area contributed by atoms with Crippen LogP contribution in [-0.2, 0) is 18.3 Å². The molecule has 5 aromatic rings. The number of nitrogen functional groups attached to an aromatic ring is 2. The van der Waals surface area contributed by atoms with E-state index in [2.05, 4.69) is 46.4 Å². The van der Waals surface area contributed by atoms with Crippen molar-refractivity contribution in [2.75, 3.05) is 37.0 Å². The maximum atomic E-state index is 10.2. The van der Waals surface area contributed by atoms with Gasteiger partial charge in [0.05, 0.1) is 34.6 Å². The van der Waals surface area contributed by atoms with E-state index in [0.717, 1.165) is 90.8 Å². The molecule has 1 saturated heterocycles. The Morgan fingerprint density at radius 3 is 2.73 bits per heavy atom. The van der Waals surface area contributed by atoms with E-state index < -0.39 is 5.41 Å². The molecule has 8 rings (SSSR count). The van der Waals surface area contributed by atoms with Crippen molar-refractivity contribution in [3.05, 3.63) is 57.4 Å². The van der Waals surface area contributed by atoms with E-state index in [0.29, 0.717) is 33.9 Å². The molecule has 48 heavy (non-hydrogen) atoms. The second kappa shape index (κ2) is 11.6. The first-order valence-corrected chi connectivity index (χ1v) is 17.7. The van der Waals surface area contributed by atoms with E-state index in [9.17, 15) is 5.26 Å². The van der Waals surface area contributed by atoms with Crippen LogP contribution in [0.25, 0.3) is 22.6 Å². The number of fused-ring (bicyclic) bond motifs is 5. The number of likely N-dealkylation sites (N-methyl/N-ethyl adjacent to an activating group) is 1. The number of nitrogens with zero attached hydrogens (tertiary/aromatic N) is 9. The molecule has 6 heterocycles. The number of pyridine rings is 1. The molecule has 4 atom stereocenters. The van der Waals surface area contributed by atoms with Crippen molar-refractivity contribution in [1.29, 1.82) is 5.26 Å². The molecule has 0 bridgehead atoms. The summed E-state index contributed by atoms with van der Waals surface area (Å²) in [6, 6.07) is 6.66. The monoisotopic (exact) mass is 663 g/mol. The number of hydrogen-bond acceptors (Lipinski definition) is 12. The standard InChI is InChI=1S/C35H41N11OS/c1-19(21-10-7-15-39-30(21)37)45(4)33-24-18-40-46(20(2)25-11-8-16-44(25)3)34(24)42-32(41-33)28-22-9-5-13-35(29(22)47-43-28)14-6-12-26-27(35)23(17-36)31(38)48-26/h7,10,15,18-20,25H,5-6,8-9,11-14,16,38H2,1-4H3,(H2,37,39). The summed E-state index contributed by atoms with van der Waals surface area (Å²) < 4.78 is 8.41. The number of hydrogen-bond donors (Lipinski definition) is 2. The van der Waals surface area contributed by atoms with Gasteiger partial charge < -0.3 is 25.8 Å². The van der Waals surface area contributed by atoms with Gasteiger partial charge >= 0.3 is 0 Å². The Morgan fingerprint density at radius 2 is 1.98 bits per heavy atom. The number of nitriles is 1. The molecular formula is C35H41N11OS. The zero-order chi connectivity index (χ0) is 33.3. The second-order valence-corrected chi connectivity index (χ2v) is 14.9. The van der Waals surface area contributed by atoms with Crippen LogP contribution in [0.5, 0.6) is 0 Å². The largest absolute Gasteiger partial charge is 0.389 e. The van der Waals surface area contributed by atoms with Gasteiger partial charge in [-0.15, -0.1) is 11.3 Å². The van der Waals surface area contributed by atoms with Crippen LogP contribution in [0.15, 0.2) is 29.0 Å². The lowest BCUT2D eigenvalue weighted by atomic mass is 9.63. The maximum absolute atomic E-state index is 10.2. The quantitative estimate of drug-likeness (QED) is 0.226. The Bertz CT molecular complexity index is 2070. The van der Waals surface area contributed by atoms with E-state index >= 15 is 0 Å². The average Bonchev–Trinajstić information content (AvgIpc) is 3.89. The van der Waals surface area contributed by atoms with Crippen molar-refractivity contribution >= 4 is 39.0 Å². The van der Waals surface area contributed by atoms with Crippen molar-refractivity contribution in [1.82, 2.24) is 34.8 Å². The minimum atomic E-state index is -0.426. The van der Waals surface area contributed by atoms with Crippen LogP contribution in [0, 0.1) is 11.3 Å². The minimum Gasteiger partial charge on any atom is -0.389 e. The summed E-state index contributed by atoms with van der Waals surface area (Å²) >= 11 is 1.55. The molecule has 4 N–H and O–H groups in total.